The Bertz CT molecular complexity index is 1230. The maximum atomic E-state index is 13.1. The summed E-state index contributed by atoms with van der Waals surface area (Å²) in [7, 11) is 0. The Morgan fingerprint density at radius 2 is 1.74 bits per heavy atom. The van der Waals surface area contributed by atoms with Gasteiger partial charge in [-0.1, -0.05) is 41.4 Å². The predicted molar refractivity (Wildman–Crippen MR) is 140 cm³/mol. The third kappa shape index (κ3) is 5.54. The summed E-state index contributed by atoms with van der Waals surface area (Å²) in [5.74, 6) is -0.569. The number of aryl methyl sites for hydroxylation is 1. The molecule has 0 aromatic heterocycles. The minimum atomic E-state index is -0.782. The fourth-order valence-corrected chi connectivity index (χ4v) is 4.50. The SMILES string of the molecule is CCN(CC)c1ccc(/C=[N+]2\NC(=O)[C@@H](NC(=O)c3cccc(C)c3)[C@@H]2c2ccc(Cl)cc2)cc1. The molecule has 1 aliphatic heterocycles. The number of carbonyl (C=O) groups excluding carboxylic acids is 2. The van der Waals surface area contributed by atoms with Crippen LogP contribution in [-0.4, -0.2) is 41.8 Å². The lowest BCUT2D eigenvalue weighted by atomic mass is 9.99. The minimum Gasteiger partial charge on any atom is -0.372 e. The highest BCUT2D eigenvalue weighted by atomic mass is 35.5. The number of benzene rings is 3. The first kappa shape index (κ1) is 24.5. The molecule has 2 atom stereocenters. The Balaban J connectivity index is 1.67. The van der Waals surface area contributed by atoms with Gasteiger partial charge in [0.05, 0.1) is 0 Å². The maximum Gasteiger partial charge on any atom is 0.304 e. The topological polar surface area (TPSA) is 64.5 Å². The average molecular weight is 490 g/mol. The summed E-state index contributed by atoms with van der Waals surface area (Å²) in [6, 6.07) is 21.6. The highest BCUT2D eigenvalue weighted by molar-refractivity contribution is 6.30. The van der Waals surface area contributed by atoms with Gasteiger partial charge in [-0.25, -0.2) is 0 Å². The van der Waals surface area contributed by atoms with E-state index in [-0.39, 0.29) is 11.8 Å². The molecule has 0 bridgehead atoms. The molecule has 7 heteroatoms. The number of rotatable bonds is 7. The first-order valence-electron chi connectivity index (χ1n) is 11.8. The van der Waals surface area contributed by atoms with Crippen molar-refractivity contribution in [2.45, 2.75) is 32.9 Å². The van der Waals surface area contributed by atoms with Crippen molar-refractivity contribution in [3.63, 3.8) is 0 Å². The molecule has 0 aliphatic carbocycles. The van der Waals surface area contributed by atoms with Gasteiger partial charge in [-0.05, 0) is 69.3 Å². The van der Waals surface area contributed by atoms with Crippen molar-refractivity contribution in [1.82, 2.24) is 10.7 Å². The molecule has 6 nitrogen and oxygen atoms in total. The number of hydrazine groups is 1. The maximum absolute atomic E-state index is 13.1. The minimum absolute atomic E-state index is 0.276. The highest BCUT2D eigenvalue weighted by Gasteiger charge is 2.47. The number of carbonyl (C=O) groups is 2. The molecule has 0 saturated carbocycles. The number of amides is 2. The molecular weight excluding hydrogens is 460 g/mol. The van der Waals surface area contributed by atoms with Gasteiger partial charge < -0.3 is 10.2 Å². The van der Waals surface area contributed by atoms with Gasteiger partial charge in [0.15, 0.2) is 6.04 Å². The van der Waals surface area contributed by atoms with Crippen LogP contribution >= 0.6 is 11.6 Å². The van der Waals surface area contributed by atoms with E-state index in [0.29, 0.717) is 10.6 Å². The van der Waals surface area contributed by atoms with Crippen LogP contribution in [0.4, 0.5) is 5.69 Å². The predicted octanol–water partition coefficient (Wildman–Crippen LogP) is 4.51. The summed E-state index contributed by atoms with van der Waals surface area (Å²) in [6.45, 7) is 8.06. The standard InChI is InChI=1S/C28H29ClN4O2/c1-4-32(5-2)24-15-9-20(10-16-24)18-33-26(21-11-13-23(29)14-12-21)25(28(35)31-33)30-27(34)22-8-6-7-19(3)17-22/h6-18,25-26H,4-5H2,1-3H3,(H-,30,31,34,35)/p+1/t25-,26-/m0/s1. The lowest BCUT2D eigenvalue weighted by molar-refractivity contribution is -0.596. The van der Waals surface area contributed by atoms with Crippen LogP contribution in [0, 0.1) is 6.92 Å². The molecule has 180 valence electrons. The third-order valence-electron chi connectivity index (χ3n) is 6.23. The number of anilines is 1. The number of hydrazone groups is 1. The van der Waals surface area contributed by atoms with Gasteiger partial charge in [0, 0.05) is 40.5 Å². The van der Waals surface area contributed by atoms with Crippen molar-refractivity contribution in [2.75, 3.05) is 18.0 Å². The van der Waals surface area contributed by atoms with Crippen molar-refractivity contribution < 1.29 is 14.3 Å². The largest absolute Gasteiger partial charge is 0.372 e. The third-order valence-corrected chi connectivity index (χ3v) is 6.48. The lowest BCUT2D eigenvalue weighted by Crippen LogP contribution is -2.42. The fraction of sp³-hybridized carbons (Fsp3) is 0.250. The van der Waals surface area contributed by atoms with E-state index in [1.807, 2.05) is 49.5 Å². The van der Waals surface area contributed by atoms with Crippen LogP contribution < -0.4 is 15.6 Å². The second-order valence-corrected chi connectivity index (χ2v) is 9.03. The molecule has 1 saturated heterocycles. The summed E-state index contributed by atoms with van der Waals surface area (Å²) < 4.78 is 1.76. The van der Waals surface area contributed by atoms with E-state index in [9.17, 15) is 9.59 Å². The van der Waals surface area contributed by atoms with Crippen LogP contribution in [0.2, 0.25) is 5.02 Å². The number of hydrogen-bond donors (Lipinski definition) is 2. The van der Waals surface area contributed by atoms with Crippen molar-refractivity contribution in [2.24, 2.45) is 0 Å². The second-order valence-electron chi connectivity index (χ2n) is 8.59. The van der Waals surface area contributed by atoms with Crippen molar-refractivity contribution >= 4 is 35.3 Å². The van der Waals surface area contributed by atoms with Crippen LogP contribution in [0.3, 0.4) is 0 Å². The molecule has 4 rings (SSSR count). The number of nitrogens with zero attached hydrogens (tertiary/aromatic N) is 2. The van der Waals surface area contributed by atoms with E-state index in [0.717, 1.165) is 35.5 Å². The number of nitrogens with one attached hydrogen (secondary N) is 2. The quantitative estimate of drug-likeness (QED) is 0.480. The van der Waals surface area contributed by atoms with Gasteiger partial charge in [0.25, 0.3) is 5.91 Å². The van der Waals surface area contributed by atoms with Crippen LogP contribution in [0.15, 0.2) is 72.8 Å². The molecule has 35 heavy (non-hydrogen) atoms. The number of halogens is 1. The lowest BCUT2D eigenvalue weighted by Gasteiger charge is -2.20. The Hall–Kier alpha value is -3.64. The Morgan fingerprint density at radius 1 is 1.06 bits per heavy atom. The van der Waals surface area contributed by atoms with Crippen LogP contribution in [0.25, 0.3) is 0 Å². The fourth-order valence-electron chi connectivity index (χ4n) is 4.37. The molecule has 3 aromatic carbocycles. The average Bonchev–Trinajstić information content (AvgIpc) is 3.15. The molecule has 1 fully saturated rings. The molecule has 2 amide bonds. The Labute approximate surface area is 211 Å². The molecule has 3 aromatic rings. The zero-order valence-corrected chi connectivity index (χ0v) is 20.9. The molecule has 0 spiro atoms. The summed E-state index contributed by atoms with van der Waals surface area (Å²) in [5.41, 5.74) is 7.36. The molecule has 1 heterocycles. The monoisotopic (exact) mass is 489 g/mol. The van der Waals surface area contributed by atoms with Crippen molar-refractivity contribution in [3.8, 4) is 0 Å². The van der Waals surface area contributed by atoms with Crippen molar-refractivity contribution in [1.29, 1.82) is 0 Å². The van der Waals surface area contributed by atoms with Gasteiger partial charge >= 0.3 is 5.91 Å². The Morgan fingerprint density at radius 3 is 2.37 bits per heavy atom. The molecule has 1 aliphatic rings. The van der Waals surface area contributed by atoms with Crippen LogP contribution in [0.5, 0.6) is 0 Å². The van der Waals surface area contributed by atoms with Gasteiger partial charge in [-0.15, -0.1) is 10.1 Å². The smallest absolute Gasteiger partial charge is 0.304 e. The Kier molecular flexibility index (Phi) is 7.51. The van der Waals surface area contributed by atoms with Gasteiger partial charge in [0.1, 0.15) is 0 Å². The summed E-state index contributed by atoms with van der Waals surface area (Å²) >= 11 is 6.12. The first-order chi connectivity index (χ1) is 16.9. The summed E-state index contributed by atoms with van der Waals surface area (Å²) in [6.07, 6.45) is 1.89. The highest BCUT2D eigenvalue weighted by Crippen LogP contribution is 2.27. The molecule has 0 unspecified atom stereocenters. The van der Waals surface area contributed by atoms with E-state index in [1.165, 1.54) is 0 Å². The normalized spacial score (nSPS) is 18.4. The van der Waals surface area contributed by atoms with E-state index in [2.05, 4.69) is 41.6 Å². The van der Waals surface area contributed by atoms with Crippen LogP contribution in [-0.2, 0) is 4.79 Å². The summed E-state index contributed by atoms with van der Waals surface area (Å²) in [5, 5.41) is 3.54. The number of hydrogen-bond acceptors (Lipinski definition) is 3. The van der Waals surface area contributed by atoms with Crippen molar-refractivity contribution in [3.05, 3.63) is 100 Å². The molecule has 0 radical (unpaired) electrons. The van der Waals surface area contributed by atoms with E-state index >= 15 is 0 Å². The van der Waals surface area contributed by atoms with E-state index in [1.54, 1.807) is 28.9 Å². The molecular formula is C28H30ClN4O2+. The van der Waals surface area contributed by atoms with Crippen LogP contribution in [0.1, 0.15) is 46.9 Å². The second kappa shape index (κ2) is 10.7. The van der Waals surface area contributed by atoms with Gasteiger partial charge in [-0.2, -0.15) is 0 Å². The first-order valence-corrected chi connectivity index (χ1v) is 12.2. The zero-order valence-electron chi connectivity index (χ0n) is 20.2. The van der Waals surface area contributed by atoms with Gasteiger partial charge in [-0.3, -0.25) is 9.59 Å². The molecule has 2 N–H and O–H groups in total. The van der Waals surface area contributed by atoms with Gasteiger partial charge in [0.2, 0.25) is 12.3 Å². The van der Waals surface area contributed by atoms with E-state index < -0.39 is 12.1 Å². The summed E-state index contributed by atoms with van der Waals surface area (Å²) in [4.78, 5) is 28.3. The zero-order chi connectivity index (χ0) is 24.9. The van der Waals surface area contributed by atoms with E-state index in [4.69, 9.17) is 11.6 Å².